The summed E-state index contributed by atoms with van der Waals surface area (Å²) < 4.78 is 0. The lowest BCUT2D eigenvalue weighted by Gasteiger charge is -2.53. The van der Waals surface area contributed by atoms with E-state index in [-0.39, 0.29) is 5.54 Å². The first-order valence-corrected chi connectivity index (χ1v) is 8.26. The van der Waals surface area contributed by atoms with Crippen molar-refractivity contribution < 1.29 is 0 Å². The van der Waals surface area contributed by atoms with Crippen LogP contribution in [0, 0.1) is 0 Å². The molecule has 0 bridgehead atoms. The van der Waals surface area contributed by atoms with Crippen molar-refractivity contribution in [2.24, 2.45) is 0 Å². The van der Waals surface area contributed by atoms with Crippen molar-refractivity contribution >= 4 is 11.3 Å². The molecule has 0 amide bonds. The van der Waals surface area contributed by atoms with Crippen LogP contribution in [0.15, 0.2) is 55.1 Å². The molecular formula is C21H23N. The van der Waals surface area contributed by atoms with Gasteiger partial charge in [-0.05, 0) is 67.5 Å². The molecule has 0 saturated heterocycles. The Morgan fingerprint density at radius 3 is 2.59 bits per heavy atom. The Bertz CT molecular complexity index is 727. The minimum atomic E-state index is -0.0605. The highest BCUT2D eigenvalue weighted by atomic mass is 15.2. The third kappa shape index (κ3) is 1.78. The van der Waals surface area contributed by atoms with Crippen molar-refractivity contribution in [3.63, 3.8) is 0 Å². The second kappa shape index (κ2) is 4.74. The van der Waals surface area contributed by atoms with Gasteiger partial charge in [0.25, 0.3) is 0 Å². The molecule has 2 aliphatic rings. The van der Waals surface area contributed by atoms with Crippen LogP contribution in [0.4, 0.5) is 5.69 Å². The fourth-order valence-electron chi connectivity index (χ4n) is 4.33. The van der Waals surface area contributed by atoms with Crippen molar-refractivity contribution in [1.82, 2.24) is 0 Å². The zero-order chi connectivity index (χ0) is 15.3. The summed E-state index contributed by atoms with van der Waals surface area (Å²) in [6.07, 6.45) is 3.71. The van der Waals surface area contributed by atoms with Gasteiger partial charge in [0.2, 0.25) is 0 Å². The van der Waals surface area contributed by atoms with E-state index in [9.17, 15) is 0 Å². The van der Waals surface area contributed by atoms with Gasteiger partial charge in [-0.1, -0.05) is 43.0 Å². The van der Waals surface area contributed by atoms with Crippen LogP contribution in [0.25, 0.3) is 5.57 Å². The number of para-hydroxylation sites is 1. The monoisotopic (exact) mass is 289 g/mol. The molecule has 2 aromatic rings. The Morgan fingerprint density at radius 2 is 1.82 bits per heavy atom. The van der Waals surface area contributed by atoms with Crippen molar-refractivity contribution in [3.05, 3.63) is 71.8 Å². The first-order chi connectivity index (χ1) is 10.6. The van der Waals surface area contributed by atoms with Crippen LogP contribution in [0.5, 0.6) is 0 Å². The Kier molecular flexibility index (Phi) is 2.94. The van der Waals surface area contributed by atoms with E-state index in [0.717, 1.165) is 0 Å². The maximum atomic E-state index is 4.48. The molecule has 1 nitrogen and oxygen atoms in total. The summed E-state index contributed by atoms with van der Waals surface area (Å²) in [5.41, 5.74) is 6.93. The van der Waals surface area contributed by atoms with Crippen molar-refractivity contribution in [2.45, 2.75) is 44.7 Å². The van der Waals surface area contributed by atoms with Crippen LogP contribution in [0.2, 0.25) is 0 Å². The molecule has 1 heteroatoms. The molecule has 0 saturated carbocycles. The van der Waals surface area contributed by atoms with E-state index < -0.39 is 0 Å². The predicted octanol–water partition coefficient (Wildman–Crippen LogP) is 5.38. The highest BCUT2D eigenvalue weighted by Gasteiger charge is 2.43. The highest BCUT2D eigenvalue weighted by molar-refractivity contribution is 5.82. The maximum absolute atomic E-state index is 4.48. The second-order valence-corrected chi connectivity index (χ2v) is 7.03. The van der Waals surface area contributed by atoms with Crippen LogP contribution < -0.4 is 4.90 Å². The summed E-state index contributed by atoms with van der Waals surface area (Å²) in [5, 5.41) is 0. The summed E-state index contributed by atoms with van der Waals surface area (Å²) in [6.45, 7) is 9.10. The van der Waals surface area contributed by atoms with Gasteiger partial charge in [0.1, 0.15) is 0 Å². The summed E-state index contributed by atoms with van der Waals surface area (Å²) in [5.74, 6) is 0. The third-order valence-corrected chi connectivity index (χ3v) is 5.47. The Labute approximate surface area is 133 Å². The van der Waals surface area contributed by atoms with Crippen LogP contribution in [-0.4, -0.2) is 5.54 Å². The molecule has 0 aromatic heterocycles. The molecule has 1 unspecified atom stereocenters. The van der Waals surface area contributed by atoms with E-state index >= 15 is 0 Å². The van der Waals surface area contributed by atoms with Gasteiger partial charge in [-0.15, -0.1) is 0 Å². The largest absolute Gasteiger partial charge is 0.355 e. The summed E-state index contributed by atoms with van der Waals surface area (Å²) >= 11 is 0. The standard InChI is InChI=1S/C21H23N/c1-15-18-13-7-9-16-10-8-14-19(20(16)18)22(21(15,2)3)17-11-5-4-6-12-17/h4-7,9,11-13,19H,1,8,10,14H2,2-3H3. The van der Waals surface area contributed by atoms with Crippen LogP contribution in [0.3, 0.4) is 0 Å². The minimum absolute atomic E-state index is 0.0605. The van der Waals surface area contributed by atoms with Gasteiger partial charge in [0, 0.05) is 5.69 Å². The Balaban J connectivity index is 1.97. The van der Waals surface area contributed by atoms with Gasteiger partial charge in [0.15, 0.2) is 0 Å². The zero-order valence-corrected chi connectivity index (χ0v) is 13.5. The fourth-order valence-corrected chi connectivity index (χ4v) is 4.33. The quantitative estimate of drug-likeness (QED) is 0.681. The van der Waals surface area contributed by atoms with Gasteiger partial charge in [-0.3, -0.25) is 0 Å². The number of anilines is 1. The summed E-state index contributed by atoms with van der Waals surface area (Å²) in [6, 6.07) is 18.1. The average Bonchev–Trinajstić information content (AvgIpc) is 2.54. The molecule has 112 valence electrons. The lowest BCUT2D eigenvalue weighted by atomic mass is 9.72. The van der Waals surface area contributed by atoms with Crippen molar-refractivity contribution in [1.29, 1.82) is 0 Å². The maximum Gasteiger partial charge on any atom is 0.0604 e. The number of nitrogens with zero attached hydrogens (tertiary/aromatic N) is 1. The van der Waals surface area contributed by atoms with E-state index in [0.29, 0.717) is 6.04 Å². The smallest absolute Gasteiger partial charge is 0.0604 e. The van der Waals surface area contributed by atoms with Gasteiger partial charge in [-0.25, -0.2) is 0 Å². The van der Waals surface area contributed by atoms with Crippen molar-refractivity contribution in [2.75, 3.05) is 4.90 Å². The number of hydrogen-bond acceptors (Lipinski definition) is 1. The second-order valence-electron chi connectivity index (χ2n) is 7.03. The molecular weight excluding hydrogens is 266 g/mol. The van der Waals surface area contributed by atoms with Gasteiger partial charge in [0.05, 0.1) is 11.6 Å². The molecule has 0 radical (unpaired) electrons. The predicted molar refractivity (Wildman–Crippen MR) is 94.2 cm³/mol. The molecule has 1 aliphatic carbocycles. The van der Waals surface area contributed by atoms with Gasteiger partial charge < -0.3 is 4.90 Å². The van der Waals surface area contributed by atoms with Gasteiger partial charge in [-0.2, -0.15) is 0 Å². The van der Waals surface area contributed by atoms with Crippen LogP contribution in [0.1, 0.15) is 49.4 Å². The Hall–Kier alpha value is -2.02. The van der Waals surface area contributed by atoms with Crippen LogP contribution >= 0.6 is 0 Å². The Morgan fingerprint density at radius 1 is 1.05 bits per heavy atom. The van der Waals surface area contributed by atoms with Gasteiger partial charge >= 0.3 is 0 Å². The number of rotatable bonds is 1. The molecule has 0 N–H and O–H groups in total. The van der Waals surface area contributed by atoms with Crippen LogP contribution in [-0.2, 0) is 6.42 Å². The number of benzene rings is 2. The molecule has 1 heterocycles. The molecule has 0 spiro atoms. The SMILES string of the molecule is C=C1c2cccc3c2C(CCC3)N(c2ccccc2)C1(C)C. The number of hydrogen-bond donors (Lipinski definition) is 0. The first kappa shape index (κ1) is 13.6. The molecule has 22 heavy (non-hydrogen) atoms. The van der Waals surface area contributed by atoms with Crippen molar-refractivity contribution in [3.8, 4) is 0 Å². The summed E-state index contributed by atoms with van der Waals surface area (Å²) in [4.78, 5) is 2.60. The number of aryl methyl sites for hydroxylation is 1. The minimum Gasteiger partial charge on any atom is -0.355 e. The molecule has 4 rings (SSSR count). The topological polar surface area (TPSA) is 3.24 Å². The molecule has 2 aromatic carbocycles. The van der Waals surface area contributed by atoms with E-state index in [2.05, 4.69) is 73.9 Å². The molecule has 1 aliphatic heterocycles. The lowest BCUT2D eigenvalue weighted by molar-refractivity contribution is 0.430. The summed E-state index contributed by atoms with van der Waals surface area (Å²) in [7, 11) is 0. The average molecular weight is 289 g/mol. The fraction of sp³-hybridized carbons (Fsp3) is 0.333. The normalized spacial score (nSPS) is 22.4. The highest BCUT2D eigenvalue weighted by Crippen LogP contribution is 2.51. The zero-order valence-electron chi connectivity index (χ0n) is 13.5. The third-order valence-electron chi connectivity index (χ3n) is 5.47. The first-order valence-electron chi connectivity index (χ1n) is 8.26. The molecule has 0 fully saturated rings. The van der Waals surface area contributed by atoms with E-state index in [1.807, 2.05) is 0 Å². The lowest BCUT2D eigenvalue weighted by Crippen LogP contribution is -2.51. The van der Waals surface area contributed by atoms with E-state index in [1.54, 1.807) is 0 Å². The van der Waals surface area contributed by atoms with E-state index in [1.165, 1.54) is 47.2 Å². The van der Waals surface area contributed by atoms with E-state index in [4.69, 9.17) is 0 Å². The molecule has 1 atom stereocenters.